The first-order valence-corrected chi connectivity index (χ1v) is 7.52. The molecule has 2 heterocycles. The average molecular weight is 284 g/mol. The Morgan fingerprint density at radius 2 is 2.11 bits per heavy atom. The maximum absolute atomic E-state index is 6.24. The summed E-state index contributed by atoms with van der Waals surface area (Å²) in [5.41, 5.74) is 0. The van der Waals surface area contributed by atoms with E-state index in [4.69, 9.17) is 11.6 Å². The number of aryl methyl sites for hydroxylation is 1. The molecule has 0 atom stereocenters. The molecular formula is C13H18ClN3S. The normalized spacial score (nSPS) is 11.1. The van der Waals surface area contributed by atoms with E-state index in [9.17, 15) is 0 Å². The summed E-state index contributed by atoms with van der Waals surface area (Å²) in [5.74, 6) is 0.727. The van der Waals surface area contributed by atoms with Crippen molar-refractivity contribution in [3.63, 3.8) is 0 Å². The van der Waals surface area contributed by atoms with Crippen LogP contribution in [0.5, 0.6) is 0 Å². The van der Waals surface area contributed by atoms with E-state index < -0.39 is 0 Å². The Hall–Kier alpha value is -0.870. The fraction of sp³-hybridized carbons (Fsp3) is 0.538. The molecule has 0 fully saturated rings. The zero-order valence-electron chi connectivity index (χ0n) is 11.0. The van der Waals surface area contributed by atoms with Crippen LogP contribution >= 0.6 is 22.9 Å². The molecule has 0 N–H and O–H groups in total. The van der Waals surface area contributed by atoms with Crippen LogP contribution in [0.3, 0.4) is 0 Å². The smallest absolute Gasteiger partial charge is 0.227 e. The van der Waals surface area contributed by atoms with Gasteiger partial charge in [-0.05, 0) is 18.9 Å². The van der Waals surface area contributed by atoms with E-state index in [1.54, 1.807) is 11.3 Å². The van der Waals surface area contributed by atoms with E-state index >= 15 is 0 Å². The van der Waals surface area contributed by atoms with Gasteiger partial charge in [-0.2, -0.15) is 0 Å². The third kappa shape index (κ3) is 2.75. The lowest BCUT2D eigenvalue weighted by atomic mass is 10.3. The van der Waals surface area contributed by atoms with Gasteiger partial charge >= 0.3 is 0 Å². The summed E-state index contributed by atoms with van der Waals surface area (Å²) >= 11 is 7.94. The second-order valence-electron chi connectivity index (χ2n) is 4.37. The van der Waals surface area contributed by atoms with Gasteiger partial charge in [0.2, 0.25) is 5.95 Å². The van der Waals surface area contributed by atoms with Crippen molar-refractivity contribution in [1.82, 2.24) is 9.97 Å². The summed E-state index contributed by atoms with van der Waals surface area (Å²) in [6.45, 7) is 5.28. The highest BCUT2D eigenvalue weighted by Gasteiger charge is 2.12. The van der Waals surface area contributed by atoms with Gasteiger partial charge in [0, 0.05) is 23.9 Å². The van der Waals surface area contributed by atoms with E-state index in [2.05, 4.69) is 34.8 Å². The van der Waals surface area contributed by atoms with Crippen LogP contribution in [0.4, 0.5) is 5.95 Å². The molecule has 0 saturated heterocycles. The van der Waals surface area contributed by atoms with E-state index in [1.807, 2.05) is 7.05 Å². The van der Waals surface area contributed by atoms with Gasteiger partial charge in [0.25, 0.3) is 0 Å². The van der Waals surface area contributed by atoms with Crippen LogP contribution in [0, 0.1) is 0 Å². The number of fused-ring (bicyclic) bond motifs is 1. The number of rotatable bonds is 5. The maximum Gasteiger partial charge on any atom is 0.227 e. The Kier molecular flexibility index (Phi) is 4.40. The number of thiophene rings is 1. The number of unbranched alkanes of at least 4 members (excludes halogenated alkanes) is 1. The topological polar surface area (TPSA) is 29.0 Å². The second kappa shape index (κ2) is 5.85. The highest BCUT2D eigenvalue weighted by atomic mass is 35.5. The summed E-state index contributed by atoms with van der Waals surface area (Å²) in [7, 11) is 2.02. The molecule has 0 unspecified atom stereocenters. The van der Waals surface area contributed by atoms with Crippen molar-refractivity contribution in [2.45, 2.75) is 33.1 Å². The first-order chi connectivity index (χ1) is 8.65. The molecule has 3 nitrogen and oxygen atoms in total. The molecule has 0 radical (unpaired) electrons. The predicted molar refractivity (Wildman–Crippen MR) is 80.0 cm³/mol. The van der Waals surface area contributed by atoms with Gasteiger partial charge in [0.05, 0.1) is 0 Å². The monoisotopic (exact) mass is 283 g/mol. The van der Waals surface area contributed by atoms with E-state index in [0.717, 1.165) is 35.6 Å². The van der Waals surface area contributed by atoms with Crippen molar-refractivity contribution < 1.29 is 0 Å². The molecule has 0 aliphatic rings. The summed E-state index contributed by atoms with van der Waals surface area (Å²) in [6.07, 6.45) is 3.32. The SMILES string of the molecule is CCCCN(C)c1nc(Cl)c2cc(CC)sc2n1. The lowest BCUT2D eigenvalue weighted by molar-refractivity contribution is 0.752. The van der Waals surface area contributed by atoms with Crippen LogP contribution in [0.2, 0.25) is 5.15 Å². The quantitative estimate of drug-likeness (QED) is 0.772. The molecule has 0 bridgehead atoms. The highest BCUT2D eigenvalue weighted by molar-refractivity contribution is 7.18. The molecule has 0 aromatic carbocycles. The third-order valence-corrected chi connectivity index (χ3v) is 4.38. The summed E-state index contributed by atoms with van der Waals surface area (Å²) in [6, 6.07) is 2.10. The van der Waals surface area contributed by atoms with Crippen molar-refractivity contribution in [3.8, 4) is 0 Å². The Bertz CT molecular complexity index is 538. The molecule has 2 aromatic rings. The molecule has 5 heteroatoms. The van der Waals surface area contributed by atoms with E-state index in [-0.39, 0.29) is 0 Å². The Morgan fingerprint density at radius 3 is 2.78 bits per heavy atom. The van der Waals surface area contributed by atoms with Gasteiger partial charge in [-0.1, -0.05) is 31.9 Å². The summed E-state index contributed by atoms with van der Waals surface area (Å²) in [5, 5.41) is 1.54. The third-order valence-electron chi connectivity index (χ3n) is 2.92. The Morgan fingerprint density at radius 1 is 1.33 bits per heavy atom. The molecule has 2 aromatic heterocycles. The van der Waals surface area contributed by atoms with Gasteiger partial charge in [-0.3, -0.25) is 0 Å². The minimum atomic E-state index is 0.564. The second-order valence-corrected chi connectivity index (χ2v) is 5.85. The molecule has 0 saturated carbocycles. The standard InChI is InChI=1S/C13H18ClN3S/c1-4-6-7-17(3)13-15-11(14)10-8-9(5-2)18-12(10)16-13/h8H,4-7H2,1-3H3. The van der Waals surface area contributed by atoms with Gasteiger partial charge in [0.1, 0.15) is 9.98 Å². The van der Waals surface area contributed by atoms with E-state index in [1.165, 1.54) is 11.3 Å². The van der Waals surface area contributed by atoms with Crippen molar-refractivity contribution in [1.29, 1.82) is 0 Å². The van der Waals surface area contributed by atoms with Crippen LogP contribution in [0.25, 0.3) is 10.2 Å². The minimum Gasteiger partial charge on any atom is -0.344 e. The Balaban J connectivity index is 2.35. The number of nitrogens with zero attached hydrogens (tertiary/aromatic N) is 3. The Labute approximate surface area is 117 Å². The molecule has 98 valence electrons. The maximum atomic E-state index is 6.24. The average Bonchev–Trinajstić information content (AvgIpc) is 2.79. The van der Waals surface area contributed by atoms with Gasteiger partial charge < -0.3 is 4.90 Å². The number of hydrogen-bond acceptors (Lipinski definition) is 4. The van der Waals surface area contributed by atoms with Crippen LogP contribution in [-0.2, 0) is 6.42 Å². The van der Waals surface area contributed by atoms with E-state index in [0.29, 0.717) is 5.15 Å². The summed E-state index contributed by atoms with van der Waals surface area (Å²) in [4.78, 5) is 13.4. The van der Waals surface area contributed by atoms with Crippen molar-refractivity contribution in [2.24, 2.45) is 0 Å². The molecule has 2 rings (SSSR count). The largest absolute Gasteiger partial charge is 0.344 e. The first-order valence-electron chi connectivity index (χ1n) is 6.32. The first kappa shape index (κ1) is 13.6. The zero-order valence-corrected chi connectivity index (χ0v) is 12.6. The molecule has 0 amide bonds. The number of hydrogen-bond donors (Lipinski definition) is 0. The summed E-state index contributed by atoms with van der Waals surface area (Å²) < 4.78 is 0. The zero-order chi connectivity index (χ0) is 13.1. The highest BCUT2D eigenvalue weighted by Crippen LogP contribution is 2.30. The van der Waals surface area contributed by atoms with Crippen LogP contribution in [0.15, 0.2) is 6.07 Å². The number of anilines is 1. The lowest BCUT2D eigenvalue weighted by Gasteiger charge is -2.16. The van der Waals surface area contributed by atoms with Gasteiger partial charge in [-0.15, -0.1) is 11.3 Å². The fourth-order valence-corrected chi connectivity index (χ4v) is 3.00. The number of aromatic nitrogens is 2. The molecular weight excluding hydrogens is 266 g/mol. The van der Waals surface area contributed by atoms with Gasteiger partial charge in [0.15, 0.2) is 0 Å². The molecule has 0 spiro atoms. The minimum absolute atomic E-state index is 0.564. The molecule has 18 heavy (non-hydrogen) atoms. The lowest BCUT2D eigenvalue weighted by Crippen LogP contribution is -2.20. The van der Waals surface area contributed by atoms with Crippen LogP contribution in [-0.4, -0.2) is 23.6 Å². The van der Waals surface area contributed by atoms with Crippen molar-refractivity contribution in [2.75, 3.05) is 18.5 Å². The predicted octanol–water partition coefficient (Wildman–Crippen LogP) is 4.14. The molecule has 0 aliphatic heterocycles. The van der Waals surface area contributed by atoms with Crippen LogP contribution < -0.4 is 4.90 Å². The number of halogens is 1. The fourth-order valence-electron chi connectivity index (χ4n) is 1.77. The van der Waals surface area contributed by atoms with Gasteiger partial charge in [-0.25, -0.2) is 9.97 Å². The molecule has 0 aliphatic carbocycles. The van der Waals surface area contributed by atoms with Crippen molar-refractivity contribution >= 4 is 39.1 Å². The van der Waals surface area contributed by atoms with Crippen molar-refractivity contribution in [3.05, 3.63) is 16.1 Å². The van der Waals surface area contributed by atoms with Crippen LogP contribution in [0.1, 0.15) is 31.6 Å².